The second-order valence-corrected chi connectivity index (χ2v) is 10.5. The van der Waals surface area contributed by atoms with Gasteiger partial charge in [0.05, 0.1) is 17.1 Å². The van der Waals surface area contributed by atoms with E-state index in [9.17, 15) is 30.4 Å². The van der Waals surface area contributed by atoms with Crippen LogP contribution in [0.4, 0.5) is 22.0 Å². The number of sulfonamides is 1. The third kappa shape index (κ3) is 6.53. The predicted molar refractivity (Wildman–Crippen MR) is 127 cm³/mol. The van der Waals surface area contributed by atoms with Gasteiger partial charge in [-0.15, -0.1) is 0 Å². The van der Waals surface area contributed by atoms with E-state index in [1.165, 1.54) is 10.4 Å². The molecule has 0 amide bonds. The topological polar surface area (TPSA) is 49.9 Å². The number of benzene rings is 3. The van der Waals surface area contributed by atoms with Crippen LogP contribution >= 0.6 is 0 Å². The standard InChI is InChI=1S/C26H25F5N2O3S/c27-23-10-9-20(17-24(23)28)25(19-5-2-1-3-6-19)36-16-15-32-11-13-33(14-12-32)37(34,35)22-8-4-7-21(18-22)26(29,30)31/h1-10,17-18,25H,11-16H2. The Kier molecular flexibility index (Phi) is 8.27. The first-order valence-corrected chi connectivity index (χ1v) is 13.0. The van der Waals surface area contributed by atoms with E-state index in [2.05, 4.69) is 0 Å². The minimum absolute atomic E-state index is 0.115. The molecule has 0 aliphatic carbocycles. The van der Waals surface area contributed by atoms with Crippen LogP contribution in [0.2, 0.25) is 0 Å². The summed E-state index contributed by atoms with van der Waals surface area (Å²) in [6.07, 6.45) is -5.26. The Morgan fingerprint density at radius 2 is 1.51 bits per heavy atom. The van der Waals surface area contributed by atoms with Crippen molar-refractivity contribution in [3.05, 3.63) is 101 Å². The molecule has 1 aliphatic heterocycles. The molecular weight excluding hydrogens is 515 g/mol. The van der Waals surface area contributed by atoms with Gasteiger partial charge >= 0.3 is 6.18 Å². The summed E-state index contributed by atoms with van der Waals surface area (Å²) in [6, 6.07) is 16.5. The van der Waals surface area contributed by atoms with Crippen molar-refractivity contribution in [2.45, 2.75) is 17.2 Å². The summed E-state index contributed by atoms with van der Waals surface area (Å²) < 4.78 is 99.4. The van der Waals surface area contributed by atoms with Crippen LogP contribution < -0.4 is 0 Å². The molecule has 3 aromatic rings. The van der Waals surface area contributed by atoms with Crippen LogP contribution in [0.1, 0.15) is 22.8 Å². The number of ether oxygens (including phenoxy) is 1. The SMILES string of the molecule is O=S(=O)(c1cccc(C(F)(F)F)c1)N1CCN(CCOC(c2ccccc2)c2ccc(F)c(F)c2)CC1. The van der Waals surface area contributed by atoms with E-state index in [1.54, 1.807) is 0 Å². The molecular formula is C26H25F5N2O3S. The second-order valence-electron chi connectivity index (χ2n) is 8.61. The maximum absolute atomic E-state index is 13.9. The molecule has 0 radical (unpaired) electrons. The number of alkyl halides is 3. The van der Waals surface area contributed by atoms with Gasteiger partial charge in [0, 0.05) is 32.7 Å². The largest absolute Gasteiger partial charge is 0.416 e. The lowest BCUT2D eigenvalue weighted by atomic mass is 10.0. The van der Waals surface area contributed by atoms with Crippen LogP contribution in [0, 0.1) is 11.6 Å². The molecule has 0 aromatic heterocycles. The van der Waals surface area contributed by atoms with Crippen LogP contribution in [0.3, 0.4) is 0 Å². The highest BCUT2D eigenvalue weighted by atomic mass is 32.2. The lowest BCUT2D eigenvalue weighted by Gasteiger charge is -2.34. The molecule has 1 fully saturated rings. The van der Waals surface area contributed by atoms with Crippen molar-refractivity contribution in [1.29, 1.82) is 0 Å². The maximum atomic E-state index is 13.9. The molecule has 11 heteroatoms. The molecule has 4 rings (SSSR count). The monoisotopic (exact) mass is 540 g/mol. The van der Waals surface area contributed by atoms with Gasteiger partial charge in [0.25, 0.3) is 0 Å². The molecule has 0 spiro atoms. The Bertz CT molecular complexity index is 1310. The zero-order valence-corrected chi connectivity index (χ0v) is 20.5. The highest BCUT2D eigenvalue weighted by Gasteiger charge is 2.34. The zero-order valence-electron chi connectivity index (χ0n) is 19.7. The van der Waals surface area contributed by atoms with E-state index >= 15 is 0 Å². The summed E-state index contributed by atoms with van der Waals surface area (Å²) in [5.41, 5.74) is 0.214. The number of nitrogens with zero attached hydrogens (tertiary/aromatic N) is 2. The van der Waals surface area contributed by atoms with E-state index in [-0.39, 0.29) is 19.7 Å². The molecule has 1 aliphatic rings. The van der Waals surface area contributed by atoms with Crippen LogP contribution in [-0.4, -0.2) is 57.0 Å². The molecule has 5 nitrogen and oxygen atoms in total. The van der Waals surface area contributed by atoms with Crippen molar-refractivity contribution < 1.29 is 35.1 Å². The molecule has 1 saturated heterocycles. The Hall–Kier alpha value is -2.86. The molecule has 1 atom stereocenters. The summed E-state index contributed by atoms with van der Waals surface area (Å²) in [5.74, 6) is -1.92. The van der Waals surface area contributed by atoms with Crippen LogP contribution in [0.5, 0.6) is 0 Å². The van der Waals surface area contributed by atoms with Crippen LogP contribution in [0.25, 0.3) is 0 Å². The van der Waals surface area contributed by atoms with Crippen LogP contribution in [-0.2, 0) is 20.9 Å². The van der Waals surface area contributed by atoms with Gasteiger partial charge < -0.3 is 4.74 Å². The third-order valence-electron chi connectivity index (χ3n) is 6.17. The highest BCUT2D eigenvalue weighted by Crippen LogP contribution is 2.31. The molecule has 1 heterocycles. The summed E-state index contributed by atoms with van der Waals surface area (Å²) in [6.45, 7) is 1.64. The highest BCUT2D eigenvalue weighted by molar-refractivity contribution is 7.89. The van der Waals surface area contributed by atoms with Crippen molar-refractivity contribution in [3.8, 4) is 0 Å². The minimum Gasteiger partial charge on any atom is -0.367 e. The Labute approximate surface area is 212 Å². The number of piperazine rings is 1. The van der Waals surface area contributed by atoms with E-state index in [4.69, 9.17) is 4.74 Å². The number of halogens is 5. The van der Waals surface area contributed by atoms with E-state index < -0.39 is 44.4 Å². The van der Waals surface area contributed by atoms with E-state index in [1.807, 2.05) is 35.2 Å². The van der Waals surface area contributed by atoms with Crippen molar-refractivity contribution in [2.75, 3.05) is 39.3 Å². The molecule has 0 saturated carbocycles. The van der Waals surface area contributed by atoms with E-state index in [0.29, 0.717) is 31.3 Å². The first-order chi connectivity index (χ1) is 17.6. The van der Waals surface area contributed by atoms with Gasteiger partial charge in [-0.25, -0.2) is 17.2 Å². The fourth-order valence-electron chi connectivity index (χ4n) is 4.16. The zero-order chi connectivity index (χ0) is 26.6. The Morgan fingerprint density at radius 3 is 2.16 bits per heavy atom. The molecule has 198 valence electrons. The summed E-state index contributed by atoms with van der Waals surface area (Å²) >= 11 is 0. The second kappa shape index (κ2) is 11.3. The quantitative estimate of drug-likeness (QED) is 0.374. The van der Waals surface area contributed by atoms with Gasteiger partial charge in [0.2, 0.25) is 10.0 Å². The predicted octanol–water partition coefficient (Wildman–Crippen LogP) is 5.10. The van der Waals surface area contributed by atoms with Crippen molar-refractivity contribution in [3.63, 3.8) is 0 Å². The molecule has 0 bridgehead atoms. The van der Waals surface area contributed by atoms with Crippen LogP contribution in [0.15, 0.2) is 77.7 Å². The minimum atomic E-state index is -4.64. The number of hydrogen-bond acceptors (Lipinski definition) is 4. The van der Waals surface area contributed by atoms with Gasteiger partial charge in [-0.05, 0) is 41.5 Å². The lowest BCUT2D eigenvalue weighted by Crippen LogP contribution is -2.49. The van der Waals surface area contributed by atoms with Gasteiger partial charge in [0.1, 0.15) is 6.10 Å². The first-order valence-electron chi connectivity index (χ1n) is 11.6. The first kappa shape index (κ1) is 27.2. The molecule has 37 heavy (non-hydrogen) atoms. The number of rotatable bonds is 8. The van der Waals surface area contributed by atoms with Crippen molar-refractivity contribution in [1.82, 2.24) is 9.21 Å². The molecule has 3 aromatic carbocycles. The third-order valence-corrected chi connectivity index (χ3v) is 8.07. The fourth-order valence-corrected chi connectivity index (χ4v) is 5.63. The molecule has 0 N–H and O–H groups in total. The summed E-state index contributed by atoms with van der Waals surface area (Å²) in [7, 11) is -4.07. The van der Waals surface area contributed by atoms with Gasteiger partial charge in [-0.1, -0.05) is 42.5 Å². The number of hydrogen-bond donors (Lipinski definition) is 0. The molecule has 1 unspecified atom stereocenters. The smallest absolute Gasteiger partial charge is 0.367 e. The van der Waals surface area contributed by atoms with Gasteiger partial charge in [0.15, 0.2) is 11.6 Å². The summed E-state index contributed by atoms with van der Waals surface area (Å²) in [5, 5.41) is 0. The van der Waals surface area contributed by atoms with E-state index in [0.717, 1.165) is 35.9 Å². The lowest BCUT2D eigenvalue weighted by molar-refractivity contribution is -0.137. The average molecular weight is 541 g/mol. The summed E-state index contributed by atoms with van der Waals surface area (Å²) in [4.78, 5) is 1.59. The van der Waals surface area contributed by atoms with Gasteiger partial charge in [-0.3, -0.25) is 4.90 Å². The normalized spacial score (nSPS) is 16.6. The fraction of sp³-hybridized carbons (Fsp3) is 0.308. The Morgan fingerprint density at radius 1 is 0.811 bits per heavy atom. The van der Waals surface area contributed by atoms with Crippen molar-refractivity contribution in [2.24, 2.45) is 0 Å². The average Bonchev–Trinajstić information content (AvgIpc) is 2.89. The van der Waals surface area contributed by atoms with Crippen molar-refractivity contribution >= 4 is 10.0 Å². The van der Waals surface area contributed by atoms with Gasteiger partial charge in [-0.2, -0.15) is 17.5 Å². The maximum Gasteiger partial charge on any atom is 0.416 e. The Balaban J connectivity index is 1.36.